The van der Waals surface area contributed by atoms with Gasteiger partial charge in [0.15, 0.2) is 11.1 Å². The van der Waals surface area contributed by atoms with Crippen LogP contribution in [-0.4, -0.2) is 87.3 Å². The summed E-state index contributed by atoms with van der Waals surface area (Å²) < 4.78 is 5.46. The van der Waals surface area contributed by atoms with E-state index < -0.39 is 0 Å². The zero-order valence-corrected chi connectivity index (χ0v) is 18.4. The lowest BCUT2D eigenvalue weighted by Gasteiger charge is -2.32. The van der Waals surface area contributed by atoms with E-state index in [4.69, 9.17) is 4.74 Å². The highest BCUT2D eigenvalue weighted by atomic mass is 127. The SMILES string of the molecule is CN=C(NCc1csc(N(C)C)n1)N1CCC(N2CCOCC2)C1.I. The molecule has 2 fully saturated rings. The Labute approximate surface area is 171 Å². The number of hydrogen-bond donors (Lipinski definition) is 1. The fourth-order valence-electron chi connectivity index (χ4n) is 3.26. The summed E-state index contributed by atoms with van der Waals surface area (Å²) in [6, 6.07) is 0.618. The predicted molar refractivity (Wildman–Crippen MR) is 114 cm³/mol. The van der Waals surface area contributed by atoms with E-state index >= 15 is 0 Å². The molecule has 1 N–H and O–H groups in total. The lowest BCUT2D eigenvalue weighted by Crippen LogP contribution is -2.46. The molecule has 3 rings (SSSR count). The molecular formula is C16H29IN6OS. The minimum Gasteiger partial charge on any atom is -0.379 e. The zero-order chi connectivity index (χ0) is 16.9. The zero-order valence-electron chi connectivity index (χ0n) is 15.3. The van der Waals surface area contributed by atoms with Crippen LogP contribution in [0.4, 0.5) is 5.13 Å². The number of hydrogen-bond acceptors (Lipinski definition) is 6. The van der Waals surface area contributed by atoms with Gasteiger partial charge < -0.3 is 19.9 Å². The largest absolute Gasteiger partial charge is 0.379 e. The first-order valence-electron chi connectivity index (χ1n) is 8.56. The Hall–Kier alpha value is -0.650. The molecule has 3 heterocycles. The predicted octanol–water partition coefficient (Wildman–Crippen LogP) is 1.31. The Balaban J connectivity index is 0.00000225. The van der Waals surface area contributed by atoms with E-state index in [0.29, 0.717) is 6.04 Å². The number of anilines is 1. The molecule has 142 valence electrons. The van der Waals surface area contributed by atoms with Gasteiger partial charge in [-0.3, -0.25) is 9.89 Å². The maximum Gasteiger partial charge on any atom is 0.194 e. The van der Waals surface area contributed by atoms with Gasteiger partial charge in [-0.1, -0.05) is 0 Å². The number of nitrogens with zero attached hydrogens (tertiary/aromatic N) is 5. The van der Waals surface area contributed by atoms with Gasteiger partial charge >= 0.3 is 0 Å². The van der Waals surface area contributed by atoms with Gasteiger partial charge in [0.05, 0.1) is 25.5 Å². The molecule has 2 aliphatic heterocycles. The van der Waals surface area contributed by atoms with Crippen LogP contribution < -0.4 is 10.2 Å². The molecule has 1 aromatic heterocycles. The average molecular weight is 480 g/mol. The van der Waals surface area contributed by atoms with Gasteiger partial charge in [0.1, 0.15) is 0 Å². The molecule has 0 amide bonds. The van der Waals surface area contributed by atoms with E-state index in [1.807, 2.05) is 26.0 Å². The highest BCUT2D eigenvalue weighted by Crippen LogP contribution is 2.19. The van der Waals surface area contributed by atoms with Gasteiger partial charge in [-0.15, -0.1) is 35.3 Å². The summed E-state index contributed by atoms with van der Waals surface area (Å²) in [6.45, 7) is 6.65. The lowest BCUT2D eigenvalue weighted by molar-refractivity contribution is 0.0195. The van der Waals surface area contributed by atoms with Crippen molar-refractivity contribution in [1.82, 2.24) is 20.1 Å². The third-order valence-electron chi connectivity index (χ3n) is 4.59. The van der Waals surface area contributed by atoms with Crippen LogP contribution in [0.25, 0.3) is 0 Å². The first-order chi connectivity index (χ1) is 11.7. The Bertz CT molecular complexity index is 561. The summed E-state index contributed by atoms with van der Waals surface area (Å²) >= 11 is 1.67. The number of aromatic nitrogens is 1. The molecule has 0 bridgehead atoms. The number of rotatable bonds is 4. The summed E-state index contributed by atoms with van der Waals surface area (Å²) in [5, 5.41) is 6.61. The monoisotopic (exact) mass is 480 g/mol. The molecule has 7 nitrogen and oxygen atoms in total. The van der Waals surface area contributed by atoms with Crippen molar-refractivity contribution < 1.29 is 4.74 Å². The third kappa shape index (κ3) is 5.41. The summed E-state index contributed by atoms with van der Waals surface area (Å²) in [5.74, 6) is 0.977. The molecule has 1 aromatic rings. The summed E-state index contributed by atoms with van der Waals surface area (Å²) in [7, 11) is 5.90. The molecular weight excluding hydrogens is 451 g/mol. The van der Waals surface area contributed by atoms with Crippen molar-refractivity contribution in [3.63, 3.8) is 0 Å². The highest BCUT2D eigenvalue weighted by molar-refractivity contribution is 14.0. The number of ether oxygens (including phenoxy) is 1. The van der Waals surface area contributed by atoms with E-state index in [2.05, 4.69) is 30.5 Å². The minimum absolute atomic E-state index is 0. The molecule has 1 atom stereocenters. The maximum atomic E-state index is 5.46. The fourth-order valence-corrected chi connectivity index (χ4v) is 4.02. The molecule has 2 saturated heterocycles. The van der Waals surface area contributed by atoms with Crippen LogP contribution in [0.3, 0.4) is 0 Å². The van der Waals surface area contributed by atoms with E-state index in [-0.39, 0.29) is 24.0 Å². The van der Waals surface area contributed by atoms with Gasteiger partial charge in [-0.05, 0) is 6.42 Å². The van der Waals surface area contributed by atoms with Crippen LogP contribution in [0.15, 0.2) is 10.4 Å². The van der Waals surface area contributed by atoms with Crippen molar-refractivity contribution in [2.24, 2.45) is 4.99 Å². The smallest absolute Gasteiger partial charge is 0.194 e. The van der Waals surface area contributed by atoms with Crippen LogP contribution in [-0.2, 0) is 11.3 Å². The lowest BCUT2D eigenvalue weighted by atomic mass is 10.2. The quantitative estimate of drug-likeness (QED) is 0.399. The summed E-state index contributed by atoms with van der Waals surface area (Å²) in [6.07, 6.45) is 1.20. The number of likely N-dealkylation sites (tertiary alicyclic amines) is 1. The van der Waals surface area contributed by atoms with E-state index in [0.717, 1.165) is 62.7 Å². The average Bonchev–Trinajstić information content (AvgIpc) is 3.26. The third-order valence-corrected chi connectivity index (χ3v) is 5.64. The molecule has 0 aliphatic carbocycles. The molecule has 0 radical (unpaired) electrons. The highest BCUT2D eigenvalue weighted by Gasteiger charge is 2.30. The summed E-state index contributed by atoms with van der Waals surface area (Å²) in [5.41, 5.74) is 1.06. The fraction of sp³-hybridized carbons (Fsp3) is 0.750. The molecule has 1 unspecified atom stereocenters. The van der Waals surface area contributed by atoms with Gasteiger partial charge in [-0.2, -0.15) is 0 Å². The second-order valence-corrected chi connectivity index (χ2v) is 7.29. The Morgan fingerprint density at radius 1 is 1.40 bits per heavy atom. The van der Waals surface area contributed by atoms with Crippen molar-refractivity contribution >= 4 is 46.4 Å². The topological polar surface area (TPSA) is 56.2 Å². The minimum atomic E-state index is 0. The van der Waals surface area contributed by atoms with Crippen molar-refractivity contribution in [1.29, 1.82) is 0 Å². The Kier molecular flexibility index (Phi) is 8.17. The number of thiazole rings is 1. The Morgan fingerprint density at radius 2 is 2.16 bits per heavy atom. The van der Waals surface area contributed by atoms with E-state index in [1.165, 1.54) is 6.42 Å². The van der Waals surface area contributed by atoms with Gasteiger partial charge in [0.2, 0.25) is 0 Å². The van der Waals surface area contributed by atoms with E-state index in [1.54, 1.807) is 11.3 Å². The van der Waals surface area contributed by atoms with E-state index in [9.17, 15) is 0 Å². The normalized spacial score (nSPS) is 22.0. The first kappa shape index (κ1) is 20.7. The second kappa shape index (κ2) is 9.89. The van der Waals surface area contributed by atoms with Gasteiger partial charge in [0.25, 0.3) is 0 Å². The summed E-state index contributed by atoms with van der Waals surface area (Å²) in [4.78, 5) is 16.0. The number of guanidine groups is 1. The van der Waals surface area contributed by atoms with Crippen LogP contribution in [0.2, 0.25) is 0 Å². The van der Waals surface area contributed by atoms with Gasteiger partial charge in [0, 0.05) is 58.7 Å². The molecule has 0 spiro atoms. The van der Waals surface area contributed by atoms with Crippen molar-refractivity contribution in [2.45, 2.75) is 19.0 Å². The van der Waals surface area contributed by atoms with Crippen LogP contribution in [0.5, 0.6) is 0 Å². The molecule has 0 saturated carbocycles. The second-order valence-electron chi connectivity index (χ2n) is 6.45. The first-order valence-corrected chi connectivity index (χ1v) is 9.44. The standard InChI is InChI=1S/C16H28N6OS.HI/c1-17-15(18-10-13-12-24-16(19-13)20(2)3)22-5-4-14(11-22)21-6-8-23-9-7-21;/h12,14H,4-11H2,1-3H3,(H,17,18);1H. The van der Waals surface area contributed by atoms with Gasteiger partial charge in [-0.25, -0.2) is 4.98 Å². The van der Waals surface area contributed by atoms with Crippen molar-refractivity contribution in [3.8, 4) is 0 Å². The molecule has 0 aromatic carbocycles. The molecule has 2 aliphatic rings. The Morgan fingerprint density at radius 3 is 2.80 bits per heavy atom. The maximum absolute atomic E-state index is 5.46. The molecule has 25 heavy (non-hydrogen) atoms. The number of morpholine rings is 1. The molecule has 9 heteroatoms. The van der Waals surface area contributed by atoms with Crippen LogP contribution in [0.1, 0.15) is 12.1 Å². The number of halogens is 1. The van der Waals surface area contributed by atoms with Crippen molar-refractivity contribution in [2.75, 3.05) is 65.4 Å². The van der Waals surface area contributed by atoms with Crippen LogP contribution >= 0.6 is 35.3 Å². The number of aliphatic imine (C=N–C) groups is 1. The van der Waals surface area contributed by atoms with Crippen LogP contribution in [0, 0.1) is 0 Å². The number of nitrogens with one attached hydrogen (secondary N) is 1. The van der Waals surface area contributed by atoms with Crippen molar-refractivity contribution in [3.05, 3.63) is 11.1 Å².